The molecule has 0 aliphatic carbocycles. The Balaban J connectivity index is 1.97. The van der Waals surface area contributed by atoms with Gasteiger partial charge in [0, 0.05) is 6.42 Å². The fourth-order valence-corrected chi connectivity index (χ4v) is 5.46. The molecule has 1 amide bonds. The fraction of sp³-hybridized carbons (Fsp3) is 0.879. The number of unbranched alkanes of at least 4 members (excludes halogenated alkanes) is 22. The molecule has 1 aliphatic rings. The lowest BCUT2D eigenvalue weighted by molar-refractivity contribution is -0.683. The lowest BCUT2D eigenvalue weighted by atomic mass is 10.0. The molecular formula is C33H63N2O+. The van der Waals surface area contributed by atoms with E-state index in [4.69, 9.17) is 0 Å². The first-order valence-electron chi connectivity index (χ1n) is 16.3. The number of aliphatic imine (C=N–C) groups is 1. The van der Waals surface area contributed by atoms with E-state index < -0.39 is 0 Å². The summed E-state index contributed by atoms with van der Waals surface area (Å²) in [6.07, 6.45) is 38.0. The molecule has 1 unspecified atom stereocenters. The Labute approximate surface area is 226 Å². The molecule has 0 spiro atoms. The molecule has 0 aromatic heterocycles. The van der Waals surface area contributed by atoms with Crippen LogP contribution < -0.4 is 0 Å². The molecule has 0 aromatic carbocycles. The summed E-state index contributed by atoms with van der Waals surface area (Å²) in [4.78, 5) is 17.6. The number of carbonyl (C=O) groups is 1. The summed E-state index contributed by atoms with van der Waals surface area (Å²) >= 11 is 0. The molecule has 0 aromatic rings. The molecule has 36 heavy (non-hydrogen) atoms. The van der Waals surface area contributed by atoms with E-state index in [9.17, 15) is 4.79 Å². The lowest BCUT2D eigenvalue weighted by Crippen LogP contribution is -2.47. The van der Waals surface area contributed by atoms with Crippen LogP contribution in [0.25, 0.3) is 0 Å². The highest BCUT2D eigenvalue weighted by Gasteiger charge is 2.37. The number of hydrogen-bond acceptors (Lipinski definition) is 2. The minimum atomic E-state index is 0.324. The third-order valence-corrected chi connectivity index (χ3v) is 8.14. The van der Waals surface area contributed by atoms with Gasteiger partial charge >= 0.3 is 5.91 Å². The van der Waals surface area contributed by atoms with Crippen molar-refractivity contribution < 1.29 is 9.28 Å². The Kier molecular flexibility index (Phi) is 21.3. The van der Waals surface area contributed by atoms with Crippen LogP contribution in [0.1, 0.15) is 181 Å². The number of rotatable bonds is 26. The zero-order valence-corrected chi connectivity index (χ0v) is 24.8. The predicted molar refractivity (Wildman–Crippen MR) is 159 cm³/mol. The van der Waals surface area contributed by atoms with Gasteiger partial charge in [-0.1, -0.05) is 155 Å². The van der Waals surface area contributed by atoms with Crippen molar-refractivity contribution in [2.24, 2.45) is 4.99 Å². The molecule has 0 saturated carbocycles. The van der Waals surface area contributed by atoms with Gasteiger partial charge in [0.15, 0.2) is 0 Å². The zero-order valence-electron chi connectivity index (χ0n) is 24.8. The second-order valence-corrected chi connectivity index (χ2v) is 11.6. The smallest absolute Gasteiger partial charge is 0.230 e. The van der Waals surface area contributed by atoms with Crippen molar-refractivity contribution in [3.05, 3.63) is 12.4 Å². The van der Waals surface area contributed by atoms with Crippen LogP contribution in [0.5, 0.6) is 0 Å². The van der Waals surface area contributed by atoms with Crippen LogP contribution >= 0.6 is 0 Å². The maximum Gasteiger partial charge on any atom is 0.324 e. The molecule has 3 nitrogen and oxygen atoms in total. The van der Waals surface area contributed by atoms with Crippen LogP contribution in [0.2, 0.25) is 0 Å². The van der Waals surface area contributed by atoms with Gasteiger partial charge in [-0.25, -0.2) is 9.79 Å². The van der Waals surface area contributed by atoms with Crippen molar-refractivity contribution in [3.63, 3.8) is 0 Å². The van der Waals surface area contributed by atoms with Gasteiger partial charge in [-0.05, 0) is 12.8 Å². The van der Waals surface area contributed by atoms with E-state index in [0.29, 0.717) is 16.8 Å². The van der Waals surface area contributed by atoms with Crippen molar-refractivity contribution in [1.82, 2.24) is 0 Å². The van der Waals surface area contributed by atoms with Gasteiger partial charge in [-0.2, -0.15) is 4.48 Å². The summed E-state index contributed by atoms with van der Waals surface area (Å²) in [6.45, 7) is 4.56. The molecule has 1 heterocycles. The third kappa shape index (κ3) is 16.0. The first-order chi connectivity index (χ1) is 17.6. The van der Waals surface area contributed by atoms with E-state index in [1.165, 1.54) is 141 Å². The number of nitrogens with zero attached hydrogens (tertiary/aromatic N) is 2. The van der Waals surface area contributed by atoms with Crippen LogP contribution in [-0.2, 0) is 4.79 Å². The molecule has 0 fully saturated rings. The quantitative estimate of drug-likeness (QED) is 0.0852. The summed E-state index contributed by atoms with van der Waals surface area (Å²) < 4.78 is 0.329. The minimum Gasteiger partial charge on any atom is -0.230 e. The highest BCUT2D eigenvalue weighted by Crippen LogP contribution is 2.22. The molecular weight excluding hydrogens is 440 g/mol. The molecule has 1 atom stereocenters. The Morgan fingerprint density at radius 3 is 1.36 bits per heavy atom. The number of amidine groups is 1. The van der Waals surface area contributed by atoms with Crippen molar-refractivity contribution in [1.29, 1.82) is 0 Å². The van der Waals surface area contributed by atoms with Gasteiger partial charge in [0.25, 0.3) is 0 Å². The molecule has 210 valence electrons. The highest BCUT2D eigenvalue weighted by molar-refractivity contribution is 5.90. The maximum absolute atomic E-state index is 13.0. The summed E-state index contributed by atoms with van der Waals surface area (Å²) in [5, 5.41) is 0. The molecule has 0 N–H and O–H groups in total. The highest BCUT2D eigenvalue weighted by atomic mass is 16.2. The first kappa shape index (κ1) is 33.1. The number of quaternary nitrogens is 1. The normalized spacial score (nSPS) is 17.1. The SMILES string of the molecule is CCCCCCCCCCCCCCCCCCC1=NC=C[N+]1(C)C(=O)CCCCCCCCCC. The van der Waals surface area contributed by atoms with Crippen LogP contribution in [0.4, 0.5) is 0 Å². The van der Waals surface area contributed by atoms with E-state index in [1.54, 1.807) is 0 Å². The summed E-state index contributed by atoms with van der Waals surface area (Å²) in [6, 6.07) is 0. The van der Waals surface area contributed by atoms with Crippen molar-refractivity contribution in [2.45, 2.75) is 181 Å². The Bertz CT molecular complexity index is 582. The third-order valence-electron chi connectivity index (χ3n) is 8.14. The van der Waals surface area contributed by atoms with Gasteiger partial charge < -0.3 is 0 Å². The molecule has 0 radical (unpaired) electrons. The molecule has 0 saturated heterocycles. The molecule has 3 heteroatoms. The number of carbonyl (C=O) groups excluding carboxylic acids is 1. The Morgan fingerprint density at radius 2 is 0.944 bits per heavy atom. The summed E-state index contributed by atoms with van der Waals surface area (Å²) in [7, 11) is 2.04. The largest absolute Gasteiger partial charge is 0.324 e. The lowest BCUT2D eigenvalue weighted by Gasteiger charge is -2.25. The predicted octanol–water partition coefficient (Wildman–Crippen LogP) is 11.0. The van der Waals surface area contributed by atoms with Crippen LogP contribution in [0.15, 0.2) is 17.4 Å². The molecule has 1 rings (SSSR count). The Hall–Kier alpha value is -0.960. The summed E-state index contributed by atoms with van der Waals surface area (Å²) in [5.74, 6) is 1.38. The van der Waals surface area contributed by atoms with Gasteiger partial charge in [0.2, 0.25) is 5.84 Å². The van der Waals surface area contributed by atoms with E-state index in [1.807, 2.05) is 19.4 Å². The minimum absolute atomic E-state index is 0.324. The van der Waals surface area contributed by atoms with Crippen molar-refractivity contribution in [3.8, 4) is 0 Å². The van der Waals surface area contributed by atoms with Crippen LogP contribution in [0, 0.1) is 0 Å². The van der Waals surface area contributed by atoms with Crippen molar-refractivity contribution in [2.75, 3.05) is 7.05 Å². The van der Waals surface area contributed by atoms with Gasteiger partial charge in [-0.3, -0.25) is 0 Å². The standard InChI is InChI=1S/C33H63N2O/c1-4-6-8-10-12-14-15-16-17-18-19-20-21-22-24-26-28-32-34-30-31-35(32,3)33(36)29-27-25-23-13-11-9-7-5-2/h30-31H,4-29H2,1-3H3/q+1. The van der Waals surface area contributed by atoms with Crippen LogP contribution in [-0.4, -0.2) is 23.3 Å². The average Bonchev–Trinajstić information content (AvgIpc) is 3.26. The topological polar surface area (TPSA) is 29.4 Å². The van der Waals surface area contributed by atoms with E-state index in [2.05, 4.69) is 18.8 Å². The monoisotopic (exact) mass is 503 g/mol. The second-order valence-electron chi connectivity index (χ2n) is 11.6. The van der Waals surface area contributed by atoms with Gasteiger partial charge in [0.1, 0.15) is 6.20 Å². The van der Waals surface area contributed by atoms with E-state index in [0.717, 1.165) is 25.1 Å². The number of amides is 1. The zero-order chi connectivity index (χ0) is 26.2. The molecule has 0 bridgehead atoms. The van der Waals surface area contributed by atoms with E-state index in [-0.39, 0.29) is 0 Å². The van der Waals surface area contributed by atoms with E-state index >= 15 is 0 Å². The number of hydrogen-bond donors (Lipinski definition) is 0. The fourth-order valence-electron chi connectivity index (χ4n) is 5.46. The molecule has 1 aliphatic heterocycles. The average molecular weight is 504 g/mol. The second kappa shape index (κ2) is 23.2. The van der Waals surface area contributed by atoms with Crippen LogP contribution in [0.3, 0.4) is 0 Å². The van der Waals surface area contributed by atoms with Gasteiger partial charge in [0.05, 0.1) is 19.7 Å². The maximum atomic E-state index is 13.0. The first-order valence-corrected chi connectivity index (χ1v) is 16.3. The van der Waals surface area contributed by atoms with Gasteiger partial charge in [-0.15, -0.1) is 0 Å². The summed E-state index contributed by atoms with van der Waals surface area (Å²) in [5.41, 5.74) is 0. The Morgan fingerprint density at radius 1 is 0.583 bits per heavy atom. The van der Waals surface area contributed by atoms with Crippen molar-refractivity contribution >= 4 is 11.7 Å².